The fraction of sp³-hybridized carbons (Fsp3) is 0.348. The minimum absolute atomic E-state index is 0.0717. The predicted octanol–water partition coefficient (Wildman–Crippen LogP) is 3.37. The first-order valence-corrected chi connectivity index (χ1v) is 9.86. The number of hydrogen-bond donors (Lipinski definition) is 3. The largest absolute Gasteiger partial charge is 0.350 e. The molecule has 0 saturated carbocycles. The molecule has 3 rings (SSSR count). The van der Waals surface area contributed by atoms with Crippen LogP contribution in [0.1, 0.15) is 66.0 Å². The second kappa shape index (κ2) is 8.07. The highest BCUT2D eigenvalue weighted by atomic mass is 16.2. The maximum atomic E-state index is 12.6. The van der Waals surface area contributed by atoms with Crippen LogP contribution in [0.5, 0.6) is 0 Å². The zero-order chi connectivity index (χ0) is 21.2. The molecule has 1 atom stereocenters. The van der Waals surface area contributed by atoms with Crippen LogP contribution < -0.4 is 16.0 Å². The van der Waals surface area contributed by atoms with E-state index in [-0.39, 0.29) is 23.8 Å². The van der Waals surface area contributed by atoms with Crippen LogP contribution >= 0.6 is 0 Å². The predicted molar refractivity (Wildman–Crippen MR) is 113 cm³/mol. The quantitative estimate of drug-likeness (QED) is 0.703. The van der Waals surface area contributed by atoms with Gasteiger partial charge in [0.25, 0.3) is 11.8 Å². The molecule has 0 bridgehead atoms. The molecule has 6 heteroatoms. The van der Waals surface area contributed by atoms with Gasteiger partial charge in [0, 0.05) is 29.4 Å². The highest BCUT2D eigenvalue weighted by Crippen LogP contribution is 2.37. The summed E-state index contributed by atoms with van der Waals surface area (Å²) in [5, 5.41) is 8.64. The Labute approximate surface area is 171 Å². The van der Waals surface area contributed by atoms with Crippen LogP contribution in [0.3, 0.4) is 0 Å². The first-order valence-electron chi connectivity index (χ1n) is 9.86. The Morgan fingerprint density at radius 1 is 1.07 bits per heavy atom. The first kappa shape index (κ1) is 20.6. The summed E-state index contributed by atoms with van der Waals surface area (Å²) >= 11 is 0. The molecule has 2 aromatic rings. The normalized spacial score (nSPS) is 15.2. The van der Waals surface area contributed by atoms with E-state index in [1.807, 2.05) is 39.8 Å². The first-order chi connectivity index (χ1) is 13.7. The van der Waals surface area contributed by atoms with Crippen molar-refractivity contribution in [1.82, 2.24) is 10.6 Å². The lowest BCUT2D eigenvalue weighted by atomic mass is 9.86. The molecular weight excluding hydrogens is 366 g/mol. The summed E-state index contributed by atoms with van der Waals surface area (Å²) in [5.41, 5.74) is 2.86. The Hall–Kier alpha value is -3.15. The fourth-order valence-corrected chi connectivity index (χ4v) is 3.25. The number of amides is 3. The summed E-state index contributed by atoms with van der Waals surface area (Å²) in [7, 11) is 0. The molecule has 0 saturated heterocycles. The molecule has 0 spiro atoms. The van der Waals surface area contributed by atoms with Crippen LogP contribution in [0, 0.1) is 0 Å². The minimum Gasteiger partial charge on any atom is -0.350 e. The van der Waals surface area contributed by atoms with Gasteiger partial charge in [0.1, 0.15) is 0 Å². The van der Waals surface area contributed by atoms with Crippen molar-refractivity contribution in [3.8, 4) is 0 Å². The lowest BCUT2D eigenvalue weighted by molar-refractivity contribution is -0.119. The van der Waals surface area contributed by atoms with Crippen LogP contribution in [0.4, 0.5) is 5.69 Å². The Kier molecular flexibility index (Phi) is 5.73. The molecule has 1 unspecified atom stereocenters. The van der Waals surface area contributed by atoms with Gasteiger partial charge in [-0.05, 0) is 62.6 Å². The van der Waals surface area contributed by atoms with Gasteiger partial charge in [0.05, 0.1) is 5.41 Å². The number of anilines is 1. The molecule has 0 fully saturated rings. The highest BCUT2D eigenvalue weighted by molar-refractivity contribution is 6.07. The van der Waals surface area contributed by atoms with Crippen molar-refractivity contribution in [2.75, 3.05) is 5.32 Å². The number of benzene rings is 2. The molecule has 152 valence electrons. The van der Waals surface area contributed by atoms with Crippen molar-refractivity contribution >= 4 is 23.4 Å². The standard InChI is InChI=1S/C23H27N3O3/c1-5-14(2)25-21(28)16-8-6-7-15(11-16)13-24-20(27)17-9-10-18-19(12-17)26-22(29)23(18,3)4/h6-12,14H,5,13H2,1-4H3,(H,24,27)(H,25,28)(H,26,29). The molecule has 1 aliphatic rings. The van der Waals surface area contributed by atoms with E-state index in [9.17, 15) is 14.4 Å². The van der Waals surface area contributed by atoms with Gasteiger partial charge in [0.2, 0.25) is 5.91 Å². The number of nitrogens with one attached hydrogen (secondary N) is 3. The van der Waals surface area contributed by atoms with Crippen LogP contribution in [0.25, 0.3) is 0 Å². The van der Waals surface area contributed by atoms with E-state index in [0.29, 0.717) is 23.4 Å². The average Bonchev–Trinajstić information content (AvgIpc) is 2.94. The molecular formula is C23H27N3O3. The summed E-state index contributed by atoms with van der Waals surface area (Å²) in [6.45, 7) is 8.00. The molecule has 0 aliphatic carbocycles. The summed E-state index contributed by atoms with van der Waals surface area (Å²) in [6.07, 6.45) is 0.861. The number of fused-ring (bicyclic) bond motifs is 1. The molecule has 0 radical (unpaired) electrons. The van der Waals surface area contributed by atoms with Crippen molar-refractivity contribution in [2.24, 2.45) is 0 Å². The van der Waals surface area contributed by atoms with Crippen molar-refractivity contribution in [3.63, 3.8) is 0 Å². The molecule has 1 aliphatic heterocycles. The third-order valence-electron chi connectivity index (χ3n) is 5.40. The number of carbonyl (C=O) groups is 3. The summed E-state index contributed by atoms with van der Waals surface area (Å²) in [4.78, 5) is 36.9. The molecule has 1 heterocycles. The fourth-order valence-electron chi connectivity index (χ4n) is 3.25. The molecule has 2 aromatic carbocycles. The van der Waals surface area contributed by atoms with E-state index in [1.54, 1.807) is 30.3 Å². The van der Waals surface area contributed by atoms with Gasteiger partial charge in [-0.15, -0.1) is 0 Å². The summed E-state index contributed by atoms with van der Waals surface area (Å²) < 4.78 is 0. The maximum absolute atomic E-state index is 12.6. The van der Waals surface area contributed by atoms with Crippen LogP contribution in [-0.2, 0) is 16.8 Å². The monoisotopic (exact) mass is 393 g/mol. The zero-order valence-corrected chi connectivity index (χ0v) is 17.3. The van der Waals surface area contributed by atoms with E-state index in [2.05, 4.69) is 16.0 Å². The minimum atomic E-state index is -0.597. The van der Waals surface area contributed by atoms with Crippen molar-refractivity contribution in [3.05, 3.63) is 64.7 Å². The SMILES string of the molecule is CCC(C)NC(=O)c1cccc(CNC(=O)c2ccc3c(c2)NC(=O)C3(C)C)c1. The molecule has 3 N–H and O–H groups in total. The number of carbonyl (C=O) groups excluding carboxylic acids is 3. The Balaban J connectivity index is 1.66. The second-order valence-electron chi connectivity index (χ2n) is 8.01. The highest BCUT2D eigenvalue weighted by Gasteiger charge is 2.38. The van der Waals surface area contributed by atoms with Gasteiger partial charge >= 0.3 is 0 Å². The second-order valence-corrected chi connectivity index (χ2v) is 8.01. The summed E-state index contributed by atoms with van der Waals surface area (Å²) in [5.74, 6) is -0.428. The van der Waals surface area contributed by atoms with Crippen LogP contribution in [0.15, 0.2) is 42.5 Å². The molecule has 3 amide bonds. The number of hydrogen-bond acceptors (Lipinski definition) is 3. The van der Waals surface area contributed by atoms with Gasteiger partial charge in [0.15, 0.2) is 0 Å². The van der Waals surface area contributed by atoms with Crippen molar-refractivity contribution in [1.29, 1.82) is 0 Å². The van der Waals surface area contributed by atoms with Crippen LogP contribution in [-0.4, -0.2) is 23.8 Å². The van der Waals surface area contributed by atoms with Gasteiger partial charge in [-0.2, -0.15) is 0 Å². The summed E-state index contributed by atoms with van der Waals surface area (Å²) in [6, 6.07) is 12.6. The van der Waals surface area contributed by atoms with Gasteiger partial charge in [-0.1, -0.05) is 25.1 Å². The van der Waals surface area contributed by atoms with E-state index >= 15 is 0 Å². The molecule has 6 nitrogen and oxygen atoms in total. The smallest absolute Gasteiger partial charge is 0.251 e. The molecule has 0 aromatic heterocycles. The topological polar surface area (TPSA) is 87.3 Å². The van der Waals surface area contributed by atoms with Crippen molar-refractivity contribution < 1.29 is 14.4 Å². The average molecular weight is 393 g/mol. The Bertz CT molecular complexity index is 966. The van der Waals surface area contributed by atoms with Crippen LogP contribution in [0.2, 0.25) is 0 Å². The third kappa shape index (κ3) is 4.31. The van der Waals surface area contributed by atoms with Crippen molar-refractivity contribution in [2.45, 2.75) is 52.1 Å². The lowest BCUT2D eigenvalue weighted by Crippen LogP contribution is -2.32. The van der Waals surface area contributed by atoms with E-state index < -0.39 is 5.41 Å². The van der Waals surface area contributed by atoms with E-state index in [0.717, 1.165) is 17.5 Å². The Morgan fingerprint density at radius 3 is 2.52 bits per heavy atom. The van der Waals surface area contributed by atoms with Gasteiger partial charge in [-0.25, -0.2) is 0 Å². The van der Waals surface area contributed by atoms with Gasteiger partial charge < -0.3 is 16.0 Å². The van der Waals surface area contributed by atoms with E-state index in [4.69, 9.17) is 0 Å². The zero-order valence-electron chi connectivity index (χ0n) is 17.3. The van der Waals surface area contributed by atoms with E-state index in [1.165, 1.54) is 0 Å². The Morgan fingerprint density at radius 2 is 1.79 bits per heavy atom. The van der Waals surface area contributed by atoms with Gasteiger partial charge in [-0.3, -0.25) is 14.4 Å². The lowest BCUT2D eigenvalue weighted by Gasteiger charge is -2.15. The third-order valence-corrected chi connectivity index (χ3v) is 5.40. The molecule has 29 heavy (non-hydrogen) atoms. The number of rotatable bonds is 6. The maximum Gasteiger partial charge on any atom is 0.251 e.